The summed E-state index contributed by atoms with van der Waals surface area (Å²) in [5.41, 5.74) is 0.993. The van der Waals surface area contributed by atoms with E-state index >= 15 is 0 Å². The van der Waals surface area contributed by atoms with E-state index in [0.29, 0.717) is 12.8 Å². The van der Waals surface area contributed by atoms with Crippen LogP contribution < -0.4 is 4.74 Å². The highest BCUT2D eigenvalue weighted by molar-refractivity contribution is 5.73. The molecule has 102 valence electrons. The van der Waals surface area contributed by atoms with Gasteiger partial charge >= 0.3 is 5.97 Å². The summed E-state index contributed by atoms with van der Waals surface area (Å²) in [4.78, 5) is 11.9. The van der Waals surface area contributed by atoms with Crippen LogP contribution in [0.2, 0.25) is 0 Å². The van der Waals surface area contributed by atoms with Crippen LogP contribution in [0, 0.1) is 5.92 Å². The van der Waals surface area contributed by atoms with Crippen molar-refractivity contribution in [1.82, 2.24) is 0 Å². The molecule has 0 aromatic heterocycles. The first-order valence-electron chi connectivity index (χ1n) is 6.23. The van der Waals surface area contributed by atoms with E-state index in [1.807, 2.05) is 24.3 Å². The van der Waals surface area contributed by atoms with Crippen LogP contribution in [0.4, 0.5) is 0 Å². The normalized spacial score (nSPS) is 11.4. The molecule has 1 atom stereocenters. The van der Waals surface area contributed by atoms with E-state index in [1.165, 1.54) is 0 Å². The molecule has 1 aromatic carbocycles. The van der Waals surface area contributed by atoms with Gasteiger partial charge in [-0.3, -0.25) is 4.79 Å². The first-order valence-corrected chi connectivity index (χ1v) is 6.23. The first-order chi connectivity index (χ1) is 9.22. The second-order valence-corrected chi connectivity index (χ2v) is 4.16. The van der Waals surface area contributed by atoms with Crippen molar-refractivity contribution in [1.29, 1.82) is 0 Å². The smallest absolute Gasteiger partial charge is 0.309 e. The molecule has 0 bridgehead atoms. The molecule has 0 fully saturated rings. The number of allylic oxidation sites excluding steroid dienone is 1. The van der Waals surface area contributed by atoms with Gasteiger partial charge in [-0.05, 0) is 24.5 Å². The molecule has 1 aromatic rings. The average Bonchev–Trinajstić information content (AvgIpc) is 2.44. The van der Waals surface area contributed by atoms with Crippen molar-refractivity contribution in [3.05, 3.63) is 55.1 Å². The van der Waals surface area contributed by atoms with Gasteiger partial charge in [-0.1, -0.05) is 36.9 Å². The number of carbonyl (C=O) groups excluding carboxylic acids is 1. The Hall–Kier alpha value is -2.03. The van der Waals surface area contributed by atoms with Crippen molar-refractivity contribution < 1.29 is 14.3 Å². The molecule has 0 N–H and O–H groups in total. The zero-order chi connectivity index (χ0) is 14.1. The Bertz CT molecular complexity index is 437. The van der Waals surface area contributed by atoms with Crippen molar-refractivity contribution in [2.75, 3.05) is 13.7 Å². The summed E-state index contributed by atoms with van der Waals surface area (Å²) >= 11 is 0. The van der Waals surface area contributed by atoms with Crippen molar-refractivity contribution in [3.63, 3.8) is 0 Å². The fraction of sp³-hybridized carbons (Fsp3) is 0.312. The van der Waals surface area contributed by atoms with E-state index in [-0.39, 0.29) is 18.5 Å². The molecule has 1 rings (SSSR count). The fourth-order valence-corrected chi connectivity index (χ4v) is 1.86. The lowest BCUT2D eigenvalue weighted by molar-refractivity contribution is -0.147. The summed E-state index contributed by atoms with van der Waals surface area (Å²) in [5.74, 6) is 0.313. The molecule has 3 heteroatoms. The molecule has 0 amide bonds. The summed E-state index contributed by atoms with van der Waals surface area (Å²) < 4.78 is 10.4. The molecule has 0 radical (unpaired) electrons. The number of hydrogen-bond acceptors (Lipinski definition) is 3. The minimum atomic E-state index is -0.242. The maximum absolute atomic E-state index is 11.9. The monoisotopic (exact) mass is 260 g/mol. The summed E-state index contributed by atoms with van der Waals surface area (Å²) in [5, 5.41) is 0. The molecular formula is C16H20O3. The van der Waals surface area contributed by atoms with Crippen LogP contribution in [0.1, 0.15) is 12.0 Å². The summed E-state index contributed by atoms with van der Waals surface area (Å²) in [7, 11) is 1.62. The topological polar surface area (TPSA) is 35.5 Å². The van der Waals surface area contributed by atoms with Crippen LogP contribution in [0.15, 0.2) is 49.6 Å². The van der Waals surface area contributed by atoms with Crippen LogP contribution in [-0.2, 0) is 16.0 Å². The van der Waals surface area contributed by atoms with Crippen LogP contribution in [-0.4, -0.2) is 19.7 Å². The molecule has 1 unspecified atom stereocenters. The van der Waals surface area contributed by atoms with E-state index in [1.54, 1.807) is 19.3 Å². The average molecular weight is 260 g/mol. The van der Waals surface area contributed by atoms with Gasteiger partial charge in [-0.25, -0.2) is 0 Å². The van der Waals surface area contributed by atoms with Crippen molar-refractivity contribution in [3.8, 4) is 5.75 Å². The van der Waals surface area contributed by atoms with Crippen LogP contribution in [0.3, 0.4) is 0 Å². The Labute approximate surface area is 114 Å². The van der Waals surface area contributed by atoms with Crippen LogP contribution in [0.5, 0.6) is 5.75 Å². The van der Waals surface area contributed by atoms with Gasteiger partial charge in [-0.15, -0.1) is 6.58 Å². The summed E-state index contributed by atoms with van der Waals surface area (Å²) in [6.07, 6.45) is 4.45. The largest absolute Gasteiger partial charge is 0.496 e. The maximum Gasteiger partial charge on any atom is 0.309 e. The zero-order valence-corrected chi connectivity index (χ0v) is 11.3. The maximum atomic E-state index is 11.9. The number of hydrogen-bond donors (Lipinski definition) is 0. The van der Waals surface area contributed by atoms with Crippen LogP contribution >= 0.6 is 0 Å². The zero-order valence-electron chi connectivity index (χ0n) is 11.3. The predicted molar refractivity (Wildman–Crippen MR) is 76.2 cm³/mol. The van der Waals surface area contributed by atoms with E-state index in [2.05, 4.69) is 13.2 Å². The highest BCUT2D eigenvalue weighted by atomic mass is 16.5. The Morgan fingerprint density at radius 1 is 1.32 bits per heavy atom. The number of esters is 1. The number of rotatable bonds is 8. The van der Waals surface area contributed by atoms with E-state index in [9.17, 15) is 4.79 Å². The number of methoxy groups -OCH3 is 1. The third kappa shape index (κ3) is 4.62. The van der Waals surface area contributed by atoms with Gasteiger partial charge in [0.1, 0.15) is 12.4 Å². The second-order valence-electron chi connectivity index (χ2n) is 4.16. The Morgan fingerprint density at radius 3 is 2.68 bits per heavy atom. The molecule has 0 saturated heterocycles. The third-order valence-electron chi connectivity index (χ3n) is 2.79. The SMILES string of the molecule is C=CCOC(=O)C(CC=C)Cc1ccccc1OC. The molecule has 0 aliphatic carbocycles. The fourth-order valence-electron chi connectivity index (χ4n) is 1.86. The van der Waals surface area contributed by atoms with Crippen molar-refractivity contribution >= 4 is 5.97 Å². The van der Waals surface area contributed by atoms with Gasteiger partial charge in [0.2, 0.25) is 0 Å². The molecule has 0 heterocycles. The molecule has 3 nitrogen and oxygen atoms in total. The second kappa shape index (κ2) is 8.14. The predicted octanol–water partition coefficient (Wildman–Crippen LogP) is 3.16. The van der Waals surface area contributed by atoms with E-state index in [0.717, 1.165) is 11.3 Å². The minimum Gasteiger partial charge on any atom is -0.496 e. The van der Waals surface area contributed by atoms with Gasteiger partial charge in [0.25, 0.3) is 0 Å². The lowest BCUT2D eigenvalue weighted by Crippen LogP contribution is -2.20. The highest BCUT2D eigenvalue weighted by Crippen LogP contribution is 2.23. The lowest BCUT2D eigenvalue weighted by atomic mass is 9.95. The quantitative estimate of drug-likeness (QED) is 0.532. The van der Waals surface area contributed by atoms with Gasteiger partial charge in [-0.2, -0.15) is 0 Å². The highest BCUT2D eigenvalue weighted by Gasteiger charge is 2.20. The standard InChI is InChI=1S/C16H20O3/c1-4-8-14(16(17)19-11-5-2)12-13-9-6-7-10-15(13)18-3/h4-7,9-10,14H,1-2,8,11-12H2,3H3. The Balaban J connectivity index is 2.79. The third-order valence-corrected chi connectivity index (χ3v) is 2.79. The van der Waals surface area contributed by atoms with E-state index in [4.69, 9.17) is 9.47 Å². The number of ether oxygens (including phenoxy) is 2. The summed E-state index contributed by atoms with van der Waals surface area (Å²) in [6, 6.07) is 7.67. The minimum absolute atomic E-state index is 0.231. The van der Waals surface area contributed by atoms with E-state index < -0.39 is 0 Å². The Morgan fingerprint density at radius 2 is 2.05 bits per heavy atom. The number of carbonyl (C=O) groups is 1. The van der Waals surface area contributed by atoms with Gasteiger partial charge < -0.3 is 9.47 Å². The molecular weight excluding hydrogens is 240 g/mol. The van der Waals surface area contributed by atoms with Gasteiger partial charge in [0.05, 0.1) is 13.0 Å². The molecule has 0 spiro atoms. The summed E-state index contributed by atoms with van der Waals surface area (Å²) in [6.45, 7) is 7.45. The Kier molecular flexibility index (Phi) is 6.44. The van der Waals surface area contributed by atoms with Crippen molar-refractivity contribution in [2.24, 2.45) is 5.92 Å². The molecule has 0 aliphatic rings. The van der Waals surface area contributed by atoms with Gasteiger partial charge in [0.15, 0.2) is 0 Å². The molecule has 0 aliphatic heterocycles. The first kappa shape index (κ1) is 15.0. The van der Waals surface area contributed by atoms with Gasteiger partial charge in [0, 0.05) is 0 Å². The number of benzene rings is 1. The molecule has 19 heavy (non-hydrogen) atoms. The lowest BCUT2D eigenvalue weighted by Gasteiger charge is -2.15. The number of para-hydroxylation sites is 1. The van der Waals surface area contributed by atoms with Crippen molar-refractivity contribution in [2.45, 2.75) is 12.8 Å². The molecule has 0 saturated carbocycles. The van der Waals surface area contributed by atoms with Crippen LogP contribution in [0.25, 0.3) is 0 Å².